The fourth-order valence-electron chi connectivity index (χ4n) is 3.78. The van der Waals surface area contributed by atoms with E-state index in [0.717, 1.165) is 21.3 Å². The van der Waals surface area contributed by atoms with Crippen LogP contribution >= 0.6 is 11.3 Å². The summed E-state index contributed by atoms with van der Waals surface area (Å²) in [7, 11) is 1.30. The number of aromatic nitrogens is 1. The molecule has 9 nitrogen and oxygen atoms in total. The molecule has 2 heterocycles. The Morgan fingerprint density at radius 1 is 1.03 bits per heavy atom. The molecule has 0 aliphatic rings. The Balaban J connectivity index is 2.19. The number of aryl methyl sites for hydroxylation is 1. The first kappa shape index (κ1) is 28.2. The topological polar surface area (TPSA) is 107 Å². The monoisotopic (exact) mass is 529 g/mol. The summed E-state index contributed by atoms with van der Waals surface area (Å²) in [5.74, 6) is -0.578. The minimum atomic E-state index is -0.796. The number of nitrogens with one attached hydrogen (secondary N) is 1. The molecule has 0 spiro atoms. The molecule has 0 saturated heterocycles. The maximum Gasteiger partial charge on any atom is 0.414 e. The van der Waals surface area contributed by atoms with Crippen molar-refractivity contribution in [2.45, 2.75) is 72.6 Å². The Hall–Kier alpha value is -3.40. The predicted octanol–water partition coefficient (Wildman–Crippen LogP) is 6.20. The third kappa shape index (κ3) is 6.88. The van der Waals surface area contributed by atoms with Gasteiger partial charge in [-0.25, -0.2) is 14.4 Å². The van der Waals surface area contributed by atoms with Gasteiger partial charge >= 0.3 is 18.2 Å². The number of pyridine rings is 1. The number of esters is 1. The summed E-state index contributed by atoms with van der Waals surface area (Å²) in [6.07, 6.45) is -1.27. The highest BCUT2D eigenvalue weighted by molar-refractivity contribution is 7.21. The second-order valence-corrected chi connectivity index (χ2v) is 11.9. The van der Waals surface area contributed by atoms with Gasteiger partial charge in [0, 0.05) is 33.8 Å². The minimum Gasteiger partial charge on any atom is -0.465 e. The average molecular weight is 530 g/mol. The fourth-order valence-corrected chi connectivity index (χ4v) is 4.92. The Labute approximate surface area is 221 Å². The quantitative estimate of drug-likeness (QED) is 0.310. The molecule has 3 aromatic rings. The zero-order chi connectivity index (χ0) is 27.7. The number of methoxy groups -OCH3 is 1. The lowest BCUT2D eigenvalue weighted by molar-refractivity contribution is 0.0490. The lowest BCUT2D eigenvalue weighted by Crippen LogP contribution is -2.47. The maximum absolute atomic E-state index is 13.6. The number of alkyl carbamates (subject to hydrolysis) is 1. The number of thiophene rings is 1. The molecule has 0 unspecified atom stereocenters. The van der Waals surface area contributed by atoms with Gasteiger partial charge in [0.05, 0.1) is 18.3 Å². The normalized spacial score (nSPS) is 12.8. The number of fused-ring (bicyclic) bond motifs is 3. The summed E-state index contributed by atoms with van der Waals surface area (Å²) in [4.78, 5) is 45.2. The number of rotatable bonds is 5. The van der Waals surface area contributed by atoms with Crippen molar-refractivity contribution in [1.82, 2.24) is 10.3 Å². The van der Waals surface area contributed by atoms with Crippen LogP contribution in [0.5, 0.6) is 0 Å². The molecule has 3 rings (SSSR count). The molecular formula is C27H35N3O6S. The Morgan fingerprint density at radius 3 is 2.27 bits per heavy atom. The zero-order valence-electron chi connectivity index (χ0n) is 22.8. The molecule has 2 amide bonds. The SMILES string of the molecule is COC(=O)c1sc2ccc3nc(C)ccc3c2c1N(C[C@H](C)NC(=O)OC(C)(C)C)C(=O)OC(C)(C)C. The van der Waals surface area contributed by atoms with Gasteiger partial charge in [-0.05, 0) is 73.6 Å². The van der Waals surface area contributed by atoms with E-state index in [9.17, 15) is 14.4 Å². The van der Waals surface area contributed by atoms with Crippen molar-refractivity contribution in [3.63, 3.8) is 0 Å². The van der Waals surface area contributed by atoms with E-state index >= 15 is 0 Å². The first-order chi connectivity index (χ1) is 17.1. The van der Waals surface area contributed by atoms with Crippen molar-refractivity contribution in [3.8, 4) is 0 Å². The van der Waals surface area contributed by atoms with E-state index in [4.69, 9.17) is 14.2 Å². The number of carbonyl (C=O) groups is 3. The summed E-state index contributed by atoms with van der Waals surface area (Å²) in [5.41, 5.74) is 0.452. The molecule has 0 bridgehead atoms. The second kappa shape index (κ2) is 10.5. The predicted molar refractivity (Wildman–Crippen MR) is 146 cm³/mol. The molecule has 1 N–H and O–H groups in total. The average Bonchev–Trinajstić information content (AvgIpc) is 3.13. The first-order valence-corrected chi connectivity index (χ1v) is 12.8. The van der Waals surface area contributed by atoms with Gasteiger partial charge < -0.3 is 19.5 Å². The smallest absolute Gasteiger partial charge is 0.414 e. The number of amides is 2. The van der Waals surface area contributed by atoms with Crippen LogP contribution in [0.25, 0.3) is 21.0 Å². The number of hydrogen-bond acceptors (Lipinski definition) is 8. The summed E-state index contributed by atoms with van der Waals surface area (Å²) in [6.45, 7) is 14.3. The first-order valence-electron chi connectivity index (χ1n) is 12.0. The molecule has 0 aliphatic heterocycles. The van der Waals surface area contributed by atoms with E-state index in [1.54, 1.807) is 48.5 Å². The highest BCUT2D eigenvalue weighted by Crippen LogP contribution is 2.43. The van der Waals surface area contributed by atoms with Crippen molar-refractivity contribution >= 4 is 56.2 Å². The number of carbonyl (C=O) groups excluding carboxylic acids is 3. The number of ether oxygens (including phenoxy) is 3. The largest absolute Gasteiger partial charge is 0.465 e. The number of hydrogen-bond donors (Lipinski definition) is 1. The van der Waals surface area contributed by atoms with E-state index < -0.39 is 35.4 Å². The maximum atomic E-state index is 13.6. The molecule has 0 fully saturated rings. The number of nitrogens with zero attached hydrogens (tertiary/aromatic N) is 2. The van der Waals surface area contributed by atoms with E-state index in [2.05, 4.69) is 10.3 Å². The van der Waals surface area contributed by atoms with Gasteiger partial charge in [0.2, 0.25) is 0 Å². The summed E-state index contributed by atoms with van der Waals surface area (Å²) in [6, 6.07) is 7.02. The van der Waals surface area contributed by atoms with Gasteiger partial charge in [-0.3, -0.25) is 9.88 Å². The van der Waals surface area contributed by atoms with Crippen LogP contribution in [0.1, 0.15) is 63.8 Å². The van der Waals surface area contributed by atoms with Crippen LogP contribution in [0.2, 0.25) is 0 Å². The second-order valence-electron chi connectivity index (χ2n) is 10.9. The van der Waals surface area contributed by atoms with Crippen molar-refractivity contribution in [3.05, 3.63) is 34.8 Å². The van der Waals surface area contributed by atoms with Gasteiger partial charge in [0.1, 0.15) is 16.1 Å². The Kier molecular flexibility index (Phi) is 8.02. The van der Waals surface area contributed by atoms with Gasteiger partial charge in [0.15, 0.2) is 0 Å². The Morgan fingerprint density at radius 2 is 1.68 bits per heavy atom. The molecule has 37 heavy (non-hydrogen) atoms. The highest BCUT2D eigenvalue weighted by Gasteiger charge is 2.33. The van der Waals surface area contributed by atoms with Crippen LogP contribution in [-0.2, 0) is 14.2 Å². The summed E-state index contributed by atoms with van der Waals surface area (Å²) in [5, 5.41) is 4.24. The van der Waals surface area contributed by atoms with Gasteiger partial charge in [0.25, 0.3) is 0 Å². The third-order valence-corrected chi connectivity index (χ3v) is 6.23. The standard InChI is InChI=1S/C27H35N3O6S/c1-15-10-11-17-18(28-15)12-13-19-20(17)21(22(37-19)23(31)34-9)30(25(33)36-27(6,7)8)14-16(2)29-24(32)35-26(3,4)5/h10-13,16H,14H2,1-9H3,(H,29,32)/t16-/m0/s1. The van der Waals surface area contributed by atoms with Crippen LogP contribution in [0, 0.1) is 6.92 Å². The Bertz CT molecular complexity index is 1340. The molecule has 0 aliphatic carbocycles. The fraction of sp³-hybridized carbons (Fsp3) is 0.481. The van der Waals surface area contributed by atoms with E-state index in [0.29, 0.717) is 11.1 Å². The number of benzene rings is 1. The van der Waals surface area contributed by atoms with Crippen LogP contribution in [0.4, 0.5) is 15.3 Å². The van der Waals surface area contributed by atoms with Crippen molar-refractivity contribution in [2.24, 2.45) is 0 Å². The number of anilines is 1. The van der Waals surface area contributed by atoms with Crippen LogP contribution in [-0.4, -0.2) is 54.0 Å². The summed E-state index contributed by atoms with van der Waals surface area (Å²) < 4.78 is 17.0. The minimum absolute atomic E-state index is 0.0136. The molecule has 10 heteroatoms. The highest BCUT2D eigenvalue weighted by atomic mass is 32.1. The molecule has 0 saturated carbocycles. The molecular weight excluding hydrogens is 494 g/mol. The van der Waals surface area contributed by atoms with Crippen LogP contribution in [0.15, 0.2) is 24.3 Å². The van der Waals surface area contributed by atoms with Crippen molar-refractivity contribution in [2.75, 3.05) is 18.6 Å². The van der Waals surface area contributed by atoms with Crippen LogP contribution in [0.3, 0.4) is 0 Å². The van der Waals surface area contributed by atoms with E-state index in [1.165, 1.54) is 23.3 Å². The zero-order valence-corrected chi connectivity index (χ0v) is 23.7. The van der Waals surface area contributed by atoms with Gasteiger partial charge in [-0.1, -0.05) is 6.07 Å². The molecule has 200 valence electrons. The van der Waals surface area contributed by atoms with Crippen molar-refractivity contribution in [1.29, 1.82) is 0 Å². The van der Waals surface area contributed by atoms with E-state index in [-0.39, 0.29) is 11.4 Å². The third-order valence-electron chi connectivity index (χ3n) is 5.11. The molecule has 1 aromatic carbocycles. The lowest BCUT2D eigenvalue weighted by Gasteiger charge is -2.30. The van der Waals surface area contributed by atoms with E-state index in [1.807, 2.05) is 31.2 Å². The van der Waals surface area contributed by atoms with Crippen LogP contribution < -0.4 is 10.2 Å². The van der Waals surface area contributed by atoms with Crippen molar-refractivity contribution < 1.29 is 28.6 Å². The summed E-state index contributed by atoms with van der Waals surface area (Å²) >= 11 is 1.22. The van der Waals surface area contributed by atoms with Gasteiger partial charge in [-0.15, -0.1) is 11.3 Å². The lowest BCUT2D eigenvalue weighted by atomic mass is 10.1. The molecule has 1 atom stereocenters. The molecule has 0 radical (unpaired) electrons. The van der Waals surface area contributed by atoms with Gasteiger partial charge in [-0.2, -0.15) is 0 Å². The molecule has 2 aromatic heterocycles.